The fourth-order valence-corrected chi connectivity index (χ4v) is 1.39. The standard InChI is InChI=1S/C12H15NO4/c1-15-10-7-9(5-4-6-13-14)8-11(16-2)12(10)17-3/h4-8,14H,1-3H3/b5-4+,13-6+. The molecule has 0 aliphatic rings. The summed E-state index contributed by atoms with van der Waals surface area (Å²) in [5.41, 5.74) is 0.847. The molecule has 0 amide bonds. The molecule has 0 fully saturated rings. The Morgan fingerprint density at radius 1 is 1.06 bits per heavy atom. The van der Waals surface area contributed by atoms with Crippen molar-refractivity contribution in [2.75, 3.05) is 21.3 Å². The summed E-state index contributed by atoms with van der Waals surface area (Å²) in [5.74, 6) is 1.70. The van der Waals surface area contributed by atoms with Crippen molar-refractivity contribution in [2.24, 2.45) is 5.16 Å². The molecule has 0 aliphatic heterocycles. The van der Waals surface area contributed by atoms with E-state index in [-0.39, 0.29) is 0 Å². The molecule has 1 aromatic rings. The number of hydrogen-bond donors (Lipinski definition) is 1. The molecular formula is C12H15NO4. The summed E-state index contributed by atoms with van der Waals surface area (Å²) in [6, 6.07) is 3.59. The van der Waals surface area contributed by atoms with Crippen LogP contribution in [-0.2, 0) is 0 Å². The average molecular weight is 237 g/mol. The summed E-state index contributed by atoms with van der Waals surface area (Å²) in [6.07, 6.45) is 4.62. The fraction of sp³-hybridized carbons (Fsp3) is 0.250. The van der Waals surface area contributed by atoms with Crippen molar-refractivity contribution in [3.8, 4) is 17.2 Å². The SMILES string of the molecule is COc1cc(/C=C/C=N/O)cc(OC)c1OC. The molecule has 0 saturated heterocycles. The molecule has 0 radical (unpaired) electrons. The Morgan fingerprint density at radius 2 is 1.65 bits per heavy atom. The highest BCUT2D eigenvalue weighted by atomic mass is 16.5. The van der Waals surface area contributed by atoms with Crippen LogP contribution < -0.4 is 14.2 Å². The Morgan fingerprint density at radius 3 is 2.06 bits per heavy atom. The Kier molecular flexibility index (Phi) is 4.87. The number of methoxy groups -OCH3 is 3. The van der Waals surface area contributed by atoms with E-state index in [9.17, 15) is 0 Å². The molecule has 0 unspecified atom stereocenters. The van der Waals surface area contributed by atoms with Crippen molar-refractivity contribution in [1.82, 2.24) is 0 Å². The fourth-order valence-electron chi connectivity index (χ4n) is 1.39. The molecule has 17 heavy (non-hydrogen) atoms. The first-order valence-corrected chi connectivity index (χ1v) is 4.91. The Bertz CT molecular complexity index is 402. The highest BCUT2D eigenvalue weighted by molar-refractivity contribution is 5.78. The van der Waals surface area contributed by atoms with Crippen LogP contribution >= 0.6 is 0 Å². The molecule has 0 saturated carbocycles. The van der Waals surface area contributed by atoms with Crippen molar-refractivity contribution >= 4 is 12.3 Å². The lowest BCUT2D eigenvalue weighted by molar-refractivity contribution is 0.322. The Hall–Kier alpha value is -2.17. The van der Waals surface area contributed by atoms with Crippen LogP contribution in [0.1, 0.15) is 5.56 Å². The molecule has 0 bridgehead atoms. The van der Waals surface area contributed by atoms with E-state index in [0.29, 0.717) is 17.2 Å². The summed E-state index contributed by atoms with van der Waals surface area (Å²) in [5, 5.41) is 11.1. The zero-order chi connectivity index (χ0) is 12.7. The molecular weight excluding hydrogens is 222 g/mol. The van der Waals surface area contributed by atoms with Gasteiger partial charge in [-0.3, -0.25) is 0 Å². The number of ether oxygens (including phenoxy) is 3. The lowest BCUT2D eigenvalue weighted by Crippen LogP contribution is -1.95. The van der Waals surface area contributed by atoms with Gasteiger partial charge < -0.3 is 19.4 Å². The molecule has 0 heterocycles. The summed E-state index contributed by atoms with van der Waals surface area (Å²) in [4.78, 5) is 0. The van der Waals surface area contributed by atoms with Gasteiger partial charge in [-0.1, -0.05) is 11.2 Å². The van der Waals surface area contributed by atoms with Crippen LogP contribution in [-0.4, -0.2) is 32.8 Å². The minimum Gasteiger partial charge on any atom is -0.493 e. The first-order valence-electron chi connectivity index (χ1n) is 4.91. The first-order chi connectivity index (χ1) is 8.26. The number of nitrogens with zero attached hydrogens (tertiary/aromatic N) is 1. The van der Waals surface area contributed by atoms with Gasteiger partial charge in [-0.05, 0) is 23.8 Å². The van der Waals surface area contributed by atoms with E-state index in [0.717, 1.165) is 5.56 Å². The predicted molar refractivity (Wildman–Crippen MR) is 65.4 cm³/mol. The lowest BCUT2D eigenvalue weighted by atomic mass is 10.1. The number of benzene rings is 1. The van der Waals surface area contributed by atoms with Gasteiger partial charge in [-0.15, -0.1) is 0 Å². The summed E-state index contributed by atoms with van der Waals surface area (Å²) in [7, 11) is 4.66. The Labute approximate surface area is 99.9 Å². The second kappa shape index (κ2) is 6.42. The largest absolute Gasteiger partial charge is 0.493 e. The maximum atomic E-state index is 8.28. The van der Waals surface area contributed by atoms with Crippen LogP contribution in [0, 0.1) is 0 Å². The zero-order valence-electron chi connectivity index (χ0n) is 10.0. The van der Waals surface area contributed by atoms with Crippen molar-refractivity contribution in [2.45, 2.75) is 0 Å². The third-order valence-corrected chi connectivity index (χ3v) is 2.13. The van der Waals surface area contributed by atoms with Crippen LogP contribution in [0.5, 0.6) is 17.2 Å². The third kappa shape index (κ3) is 3.14. The van der Waals surface area contributed by atoms with E-state index in [1.54, 1.807) is 45.6 Å². The molecule has 1 aromatic carbocycles. The zero-order valence-corrected chi connectivity index (χ0v) is 10.0. The topological polar surface area (TPSA) is 60.3 Å². The first kappa shape index (κ1) is 12.9. The molecule has 0 spiro atoms. The third-order valence-electron chi connectivity index (χ3n) is 2.13. The maximum absolute atomic E-state index is 8.28. The molecule has 0 atom stereocenters. The Balaban J connectivity index is 3.17. The van der Waals surface area contributed by atoms with Gasteiger partial charge in [0.2, 0.25) is 5.75 Å². The van der Waals surface area contributed by atoms with Crippen LogP contribution in [0.25, 0.3) is 6.08 Å². The lowest BCUT2D eigenvalue weighted by Gasteiger charge is -2.12. The van der Waals surface area contributed by atoms with E-state index >= 15 is 0 Å². The van der Waals surface area contributed by atoms with E-state index in [1.807, 2.05) is 0 Å². The minimum absolute atomic E-state index is 0.544. The smallest absolute Gasteiger partial charge is 0.203 e. The number of allylic oxidation sites excluding steroid dienone is 1. The number of hydrogen-bond acceptors (Lipinski definition) is 5. The van der Waals surface area contributed by atoms with Crippen LogP contribution in [0.2, 0.25) is 0 Å². The van der Waals surface area contributed by atoms with Crippen LogP contribution in [0.15, 0.2) is 23.4 Å². The second-order valence-electron chi connectivity index (χ2n) is 3.08. The molecule has 5 nitrogen and oxygen atoms in total. The average Bonchev–Trinajstić information content (AvgIpc) is 2.37. The van der Waals surface area contributed by atoms with E-state index in [2.05, 4.69) is 5.16 Å². The van der Waals surface area contributed by atoms with Gasteiger partial charge >= 0.3 is 0 Å². The van der Waals surface area contributed by atoms with Crippen LogP contribution in [0.3, 0.4) is 0 Å². The highest BCUT2D eigenvalue weighted by Gasteiger charge is 2.11. The minimum atomic E-state index is 0.544. The van der Waals surface area contributed by atoms with Crippen LogP contribution in [0.4, 0.5) is 0 Å². The van der Waals surface area contributed by atoms with Gasteiger partial charge in [0.15, 0.2) is 11.5 Å². The van der Waals surface area contributed by atoms with Gasteiger partial charge in [0.25, 0.3) is 0 Å². The van der Waals surface area contributed by atoms with Gasteiger partial charge in [0.05, 0.1) is 27.5 Å². The quantitative estimate of drug-likeness (QED) is 0.484. The highest BCUT2D eigenvalue weighted by Crippen LogP contribution is 2.38. The van der Waals surface area contributed by atoms with Crippen molar-refractivity contribution in [3.63, 3.8) is 0 Å². The van der Waals surface area contributed by atoms with Gasteiger partial charge in [-0.25, -0.2) is 0 Å². The molecule has 5 heteroatoms. The van der Waals surface area contributed by atoms with Gasteiger partial charge in [0, 0.05) is 0 Å². The summed E-state index contributed by atoms with van der Waals surface area (Å²) < 4.78 is 15.6. The maximum Gasteiger partial charge on any atom is 0.203 e. The number of rotatable bonds is 5. The van der Waals surface area contributed by atoms with Crippen molar-refractivity contribution in [3.05, 3.63) is 23.8 Å². The van der Waals surface area contributed by atoms with Gasteiger partial charge in [-0.2, -0.15) is 0 Å². The molecule has 1 N–H and O–H groups in total. The molecule has 0 aliphatic carbocycles. The number of oxime groups is 1. The monoisotopic (exact) mass is 237 g/mol. The van der Waals surface area contributed by atoms with E-state index in [1.165, 1.54) is 6.21 Å². The molecule has 1 rings (SSSR count). The van der Waals surface area contributed by atoms with E-state index < -0.39 is 0 Å². The van der Waals surface area contributed by atoms with Crippen molar-refractivity contribution in [1.29, 1.82) is 0 Å². The second-order valence-corrected chi connectivity index (χ2v) is 3.08. The summed E-state index contributed by atoms with van der Waals surface area (Å²) in [6.45, 7) is 0. The van der Waals surface area contributed by atoms with Crippen molar-refractivity contribution < 1.29 is 19.4 Å². The normalized spacial score (nSPS) is 11.0. The van der Waals surface area contributed by atoms with E-state index in [4.69, 9.17) is 19.4 Å². The molecule has 0 aromatic heterocycles. The summed E-state index contributed by atoms with van der Waals surface area (Å²) >= 11 is 0. The predicted octanol–water partition coefficient (Wildman–Crippen LogP) is 2.19. The molecule has 92 valence electrons. The van der Waals surface area contributed by atoms with Gasteiger partial charge in [0.1, 0.15) is 0 Å².